The summed E-state index contributed by atoms with van der Waals surface area (Å²) < 4.78 is 4.95. The number of nitrogens with one attached hydrogen (secondary N) is 1. The van der Waals surface area contributed by atoms with E-state index in [1.165, 1.54) is 12.4 Å². The van der Waals surface area contributed by atoms with Gasteiger partial charge >= 0.3 is 5.97 Å². The maximum Gasteiger partial charge on any atom is 0.361 e. The van der Waals surface area contributed by atoms with Gasteiger partial charge in [0, 0.05) is 18.1 Å². The maximum atomic E-state index is 12.1. The minimum absolute atomic E-state index is 0.0380. The van der Waals surface area contributed by atoms with Crippen LogP contribution in [0, 0.1) is 6.92 Å². The second-order valence-corrected chi connectivity index (χ2v) is 5.61. The first-order valence-corrected chi connectivity index (χ1v) is 7.53. The van der Waals surface area contributed by atoms with E-state index >= 15 is 0 Å². The van der Waals surface area contributed by atoms with Crippen LogP contribution in [0.5, 0.6) is 0 Å². The maximum absolute atomic E-state index is 12.1. The second-order valence-electron chi connectivity index (χ2n) is 5.61. The van der Waals surface area contributed by atoms with Crippen LogP contribution < -0.4 is 11.1 Å². The largest absolute Gasteiger partial charge is 0.451 e. The highest BCUT2D eigenvalue weighted by Gasteiger charge is 2.17. The Hall–Kier alpha value is -2.96. The lowest BCUT2D eigenvalue weighted by Crippen LogP contribution is -2.23. The van der Waals surface area contributed by atoms with Crippen molar-refractivity contribution in [1.29, 1.82) is 0 Å². The molecule has 0 unspecified atom stereocenters. The molecule has 0 fully saturated rings. The number of nitrogens with zero attached hydrogens (tertiary/aromatic N) is 2. The van der Waals surface area contributed by atoms with Crippen LogP contribution in [0.3, 0.4) is 0 Å². The van der Waals surface area contributed by atoms with Gasteiger partial charge in [-0.3, -0.25) is 4.79 Å². The molecule has 0 bridgehead atoms. The lowest BCUT2D eigenvalue weighted by atomic mass is 9.98. The average molecular weight is 328 g/mol. The molecule has 126 valence electrons. The van der Waals surface area contributed by atoms with Crippen LogP contribution in [0.4, 0.5) is 11.5 Å². The molecule has 0 spiro atoms. The molecule has 7 nitrogen and oxygen atoms in total. The second kappa shape index (κ2) is 7.54. The molecule has 2 rings (SSSR count). The van der Waals surface area contributed by atoms with E-state index in [0.29, 0.717) is 0 Å². The van der Waals surface area contributed by atoms with Crippen LogP contribution in [-0.2, 0) is 9.53 Å². The van der Waals surface area contributed by atoms with Crippen molar-refractivity contribution in [3.8, 4) is 0 Å². The van der Waals surface area contributed by atoms with E-state index in [-0.39, 0.29) is 17.4 Å². The molecule has 3 N–H and O–H groups in total. The van der Waals surface area contributed by atoms with Gasteiger partial charge < -0.3 is 15.8 Å². The van der Waals surface area contributed by atoms with Crippen molar-refractivity contribution in [3.05, 3.63) is 47.4 Å². The Labute approximate surface area is 140 Å². The van der Waals surface area contributed by atoms with Crippen LogP contribution >= 0.6 is 0 Å². The molecule has 0 atom stereocenters. The number of nitrogen functional groups attached to an aromatic ring is 1. The van der Waals surface area contributed by atoms with Gasteiger partial charge in [0.25, 0.3) is 5.91 Å². The summed E-state index contributed by atoms with van der Waals surface area (Å²) >= 11 is 0. The molecular weight excluding hydrogens is 308 g/mol. The van der Waals surface area contributed by atoms with E-state index in [9.17, 15) is 9.59 Å². The quantitative estimate of drug-likeness (QED) is 0.815. The number of carbonyl (C=O) groups excluding carboxylic acids is 2. The number of amides is 1. The number of rotatable bonds is 5. The van der Waals surface area contributed by atoms with Crippen LogP contribution in [0.2, 0.25) is 0 Å². The molecule has 1 aromatic heterocycles. The number of aryl methyl sites for hydroxylation is 1. The summed E-state index contributed by atoms with van der Waals surface area (Å²) in [5.74, 6) is -1.00. The minimum Gasteiger partial charge on any atom is -0.451 e. The summed E-state index contributed by atoms with van der Waals surface area (Å²) in [5.41, 5.74) is 8.15. The number of carbonyl (C=O) groups is 2. The fraction of sp³-hybridized carbons (Fsp3) is 0.294. The number of ether oxygens (including phenoxy) is 1. The van der Waals surface area contributed by atoms with Gasteiger partial charge in [0.1, 0.15) is 0 Å². The van der Waals surface area contributed by atoms with Crippen LogP contribution in [-0.4, -0.2) is 28.5 Å². The molecule has 0 saturated carbocycles. The van der Waals surface area contributed by atoms with E-state index in [1.54, 1.807) is 0 Å². The highest BCUT2D eigenvalue weighted by molar-refractivity contribution is 5.97. The van der Waals surface area contributed by atoms with E-state index in [1.807, 2.05) is 39.0 Å². The topological polar surface area (TPSA) is 107 Å². The van der Waals surface area contributed by atoms with Crippen molar-refractivity contribution in [3.63, 3.8) is 0 Å². The van der Waals surface area contributed by atoms with Crippen molar-refractivity contribution in [2.75, 3.05) is 17.7 Å². The Morgan fingerprint density at radius 2 is 1.96 bits per heavy atom. The van der Waals surface area contributed by atoms with Crippen LogP contribution in [0.25, 0.3) is 0 Å². The molecule has 0 aliphatic carbocycles. The smallest absolute Gasteiger partial charge is 0.361 e. The third kappa shape index (κ3) is 4.07. The first-order valence-electron chi connectivity index (χ1n) is 7.53. The van der Waals surface area contributed by atoms with Crippen LogP contribution in [0.1, 0.15) is 41.4 Å². The normalized spacial score (nSPS) is 10.5. The zero-order chi connectivity index (χ0) is 17.7. The number of anilines is 2. The SMILES string of the molecule is Cc1cccc(C(C)C)c1NC(=O)COC(=O)c1nccnc1N. The van der Waals surface area contributed by atoms with Crippen molar-refractivity contribution < 1.29 is 14.3 Å². The summed E-state index contributed by atoms with van der Waals surface area (Å²) in [4.78, 5) is 31.5. The first-order chi connectivity index (χ1) is 11.4. The zero-order valence-electron chi connectivity index (χ0n) is 13.9. The highest BCUT2D eigenvalue weighted by atomic mass is 16.5. The molecule has 2 aromatic rings. The molecule has 0 saturated heterocycles. The first kappa shape index (κ1) is 17.4. The Balaban J connectivity index is 2.02. The number of aromatic nitrogens is 2. The Bertz CT molecular complexity index is 759. The molecular formula is C17H20N4O3. The highest BCUT2D eigenvalue weighted by Crippen LogP contribution is 2.27. The predicted molar refractivity (Wildman–Crippen MR) is 90.6 cm³/mol. The lowest BCUT2D eigenvalue weighted by Gasteiger charge is -2.16. The fourth-order valence-electron chi connectivity index (χ4n) is 2.22. The van der Waals surface area contributed by atoms with Gasteiger partial charge in [-0.15, -0.1) is 0 Å². The van der Waals surface area contributed by atoms with E-state index < -0.39 is 18.5 Å². The van der Waals surface area contributed by atoms with Gasteiger partial charge in [0.2, 0.25) is 0 Å². The number of para-hydroxylation sites is 1. The van der Waals surface area contributed by atoms with E-state index in [4.69, 9.17) is 10.5 Å². The third-order valence-corrected chi connectivity index (χ3v) is 3.45. The molecule has 1 amide bonds. The molecule has 1 heterocycles. The summed E-state index contributed by atoms with van der Waals surface area (Å²) in [6, 6.07) is 5.81. The zero-order valence-corrected chi connectivity index (χ0v) is 13.9. The number of hydrogen-bond acceptors (Lipinski definition) is 6. The van der Waals surface area contributed by atoms with E-state index in [0.717, 1.165) is 16.8 Å². The van der Waals surface area contributed by atoms with Crippen molar-refractivity contribution in [2.45, 2.75) is 26.7 Å². The summed E-state index contributed by atoms with van der Waals surface area (Å²) in [7, 11) is 0. The van der Waals surface area contributed by atoms with Gasteiger partial charge in [-0.1, -0.05) is 32.0 Å². The molecule has 7 heteroatoms. The van der Waals surface area contributed by atoms with Gasteiger partial charge in [-0.25, -0.2) is 14.8 Å². The summed E-state index contributed by atoms with van der Waals surface area (Å²) in [6.07, 6.45) is 2.69. The average Bonchev–Trinajstić information content (AvgIpc) is 2.54. The van der Waals surface area contributed by atoms with Gasteiger partial charge in [-0.2, -0.15) is 0 Å². The fourth-order valence-corrected chi connectivity index (χ4v) is 2.22. The summed E-state index contributed by atoms with van der Waals surface area (Å²) in [5, 5.41) is 2.80. The van der Waals surface area contributed by atoms with Crippen molar-refractivity contribution in [2.24, 2.45) is 0 Å². The number of nitrogens with two attached hydrogens (primary N) is 1. The van der Waals surface area contributed by atoms with Gasteiger partial charge in [0.05, 0.1) is 0 Å². The van der Waals surface area contributed by atoms with Crippen molar-refractivity contribution in [1.82, 2.24) is 9.97 Å². The van der Waals surface area contributed by atoms with E-state index in [2.05, 4.69) is 15.3 Å². The standard InChI is InChI=1S/C17H20N4O3/c1-10(2)12-6-4-5-11(3)14(12)21-13(22)9-24-17(23)15-16(18)20-8-7-19-15/h4-8,10H,9H2,1-3H3,(H2,18,20)(H,21,22). The molecule has 1 aromatic carbocycles. The van der Waals surface area contributed by atoms with Crippen molar-refractivity contribution >= 4 is 23.4 Å². The lowest BCUT2D eigenvalue weighted by molar-refractivity contribution is -0.119. The Morgan fingerprint density at radius 1 is 1.25 bits per heavy atom. The Kier molecular flexibility index (Phi) is 5.47. The molecule has 24 heavy (non-hydrogen) atoms. The number of benzene rings is 1. The monoisotopic (exact) mass is 328 g/mol. The summed E-state index contributed by atoms with van der Waals surface area (Å²) in [6.45, 7) is 5.57. The number of hydrogen-bond donors (Lipinski definition) is 2. The third-order valence-electron chi connectivity index (χ3n) is 3.45. The van der Waals surface area contributed by atoms with Crippen LogP contribution in [0.15, 0.2) is 30.6 Å². The van der Waals surface area contributed by atoms with Gasteiger partial charge in [0.15, 0.2) is 18.1 Å². The molecule has 0 aliphatic rings. The molecule has 0 aliphatic heterocycles. The number of esters is 1. The minimum atomic E-state index is -0.787. The molecule has 0 radical (unpaired) electrons. The predicted octanol–water partition coefficient (Wildman–Crippen LogP) is 2.29. The van der Waals surface area contributed by atoms with Gasteiger partial charge in [-0.05, 0) is 24.0 Å². The Morgan fingerprint density at radius 3 is 2.62 bits per heavy atom.